The lowest BCUT2D eigenvalue weighted by Gasteiger charge is -2.11. The summed E-state index contributed by atoms with van der Waals surface area (Å²) in [6.07, 6.45) is 2.80. The van der Waals surface area contributed by atoms with Crippen molar-refractivity contribution in [1.82, 2.24) is 0 Å². The van der Waals surface area contributed by atoms with E-state index < -0.39 is 10.7 Å². The summed E-state index contributed by atoms with van der Waals surface area (Å²) >= 11 is 0. The Labute approximate surface area is 171 Å². The van der Waals surface area contributed by atoms with E-state index >= 15 is 0 Å². The fourth-order valence-corrected chi connectivity index (χ4v) is 2.62. The fraction of sp³-hybridized carbons (Fsp3) is 0.0909. The predicted molar refractivity (Wildman–Crippen MR) is 107 cm³/mol. The van der Waals surface area contributed by atoms with Gasteiger partial charge in [-0.05, 0) is 53.6 Å². The number of carbonyl (C=O) groups is 1. The summed E-state index contributed by atoms with van der Waals surface area (Å²) in [5.74, 6) is 0.426. The van der Waals surface area contributed by atoms with Crippen LogP contribution in [0.2, 0.25) is 0 Å². The fourth-order valence-electron chi connectivity index (χ4n) is 2.62. The van der Waals surface area contributed by atoms with E-state index in [0.717, 1.165) is 5.56 Å². The first-order valence-corrected chi connectivity index (χ1v) is 8.76. The summed E-state index contributed by atoms with van der Waals surface area (Å²) < 4.78 is 16.1. The van der Waals surface area contributed by atoms with Crippen LogP contribution in [0.5, 0.6) is 11.5 Å². The number of ether oxygens (including phenoxy) is 2. The second-order valence-corrected chi connectivity index (χ2v) is 6.10. The highest BCUT2D eigenvalue weighted by molar-refractivity contribution is 6.12. The third kappa shape index (κ3) is 4.72. The molecule has 30 heavy (non-hydrogen) atoms. The SMILES string of the molecule is COc1cc(/C=C(\C#N)C(=O)c2ccco2)ccc1OCc1ccc([N+](=O)[O-])cc1. The number of nitro groups is 1. The van der Waals surface area contributed by atoms with E-state index in [9.17, 15) is 20.2 Å². The number of nitrogens with zero attached hydrogens (tertiary/aromatic N) is 2. The van der Waals surface area contributed by atoms with Gasteiger partial charge in [-0.3, -0.25) is 14.9 Å². The number of carbonyl (C=O) groups excluding carboxylic acids is 1. The number of nitriles is 1. The molecule has 0 saturated carbocycles. The Hall–Kier alpha value is -4.38. The highest BCUT2D eigenvalue weighted by Gasteiger charge is 2.15. The number of non-ortho nitro benzene ring substituents is 1. The maximum Gasteiger partial charge on any atom is 0.269 e. The molecule has 8 heteroatoms. The van der Waals surface area contributed by atoms with Crippen molar-refractivity contribution in [2.45, 2.75) is 6.61 Å². The van der Waals surface area contributed by atoms with E-state index in [2.05, 4.69) is 0 Å². The average Bonchev–Trinajstić information content (AvgIpc) is 3.31. The van der Waals surface area contributed by atoms with Crippen molar-refractivity contribution in [2.24, 2.45) is 0 Å². The molecule has 0 radical (unpaired) electrons. The van der Waals surface area contributed by atoms with Crippen LogP contribution in [0.3, 0.4) is 0 Å². The van der Waals surface area contributed by atoms with Crippen LogP contribution in [0.15, 0.2) is 70.9 Å². The quantitative estimate of drug-likeness (QED) is 0.178. The van der Waals surface area contributed by atoms with Crippen LogP contribution in [0.1, 0.15) is 21.7 Å². The van der Waals surface area contributed by atoms with Gasteiger partial charge >= 0.3 is 0 Å². The summed E-state index contributed by atoms with van der Waals surface area (Å²) in [7, 11) is 1.47. The Morgan fingerprint density at radius 2 is 1.97 bits per heavy atom. The smallest absolute Gasteiger partial charge is 0.269 e. The highest BCUT2D eigenvalue weighted by atomic mass is 16.6. The number of hydrogen-bond donors (Lipinski definition) is 0. The molecule has 0 bridgehead atoms. The molecule has 0 unspecified atom stereocenters. The molecule has 8 nitrogen and oxygen atoms in total. The minimum absolute atomic E-state index is 0.00450. The van der Waals surface area contributed by atoms with Gasteiger partial charge < -0.3 is 13.9 Å². The van der Waals surface area contributed by atoms with Crippen LogP contribution in [0.25, 0.3) is 6.08 Å². The van der Waals surface area contributed by atoms with Gasteiger partial charge in [0.25, 0.3) is 5.69 Å². The standard InChI is InChI=1S/C22H16N2O6/c1-28-21-12-16(11-17(13-23)22(25)20-3-2-10-29-20)6-9-19(21)30-14-15-4-7-18(8-5-15)24(26)27/h2-12H,14H2,1H3/b17-11+. The van der Waals surface area contributed by atoms with Crippen LogP contribution in [0, 0.1) is 21.4 Å². The number of furan rings is 1. The van der Waals surface area contributed by atoms with Crippen LogP contribution in [-0.2, 0) is 6.61 Å². The van der Waals surface area contributed by atoms with Crippen LogP contribution in [0.4, 0.5) is 5.69 Å². The maximum atomic E-state index is 12.3. The van der Waals surface area contributed by atoms with Crippen molar-refractivity contribution >= 4 is 17.5 Å². The van der Waals surface area contributed by atoms with E-state index in [1.54, 1.807) is 36.4 Å². The number of Topliss-reactive ketones (excluding diaryl/α,β-unsaturated/α-hetero) is 1. The lowest BCUT2D eigenvalue weighted by molar-refractivity contribution is -0.384. The molecule has 1 heterocycles. The van der Waals surface area contributed by atoms with E-state index in [1.807, 2.05) is 6.07 Å². The second kappa shape index (κ2) is 9.21. The molecular formula is C22H16N2O6. The molecule has 0 fully saturated rings. The number of nitro benzene ring substituents is 1. The van der Waals surface area contributed by atoms with Gasteiger partial charge in [-0.25, -0.2) is 0 Å². The second-order valence-electron chi connectivity index (χ2n) is 6.10. The molecule has 0 aliphatic heterocycles. The number of ketones is 1. The highest BCUT2D eigenvalue weighted by Crippen LogP contribution is 2.30. The van der Waals surface area contributed by atoms with E-state index in [4.69, 9.17) is 13.9 Å². The first kappa shape index (κ1) is 20.4. The van der Waals surface area contributed by atoms with Gasteiger partial charge in [0.1, 0.15) is 18.2 Å². The summed E-state index contributed by atoms with van der Waals surface area (Å²) in [6, 6.07) is 16.0. The first-order valence-electron chi connectivity index (χ1n) is 8.76. The van der Waals surface area contributed by atoms with Crippen molar-refractivity contribution < 1.29 is 23.6 Å². The van der Waals surface area contributed by atoms with Gasteiger partial charge in [-0.15, -0.1) is 0 Å². The topological polar surface area (TPSA) is 116 Å². The lowest BCUT2D eigenvalue weighted by atomic mass is 10.1. The van der Waals surface area contributed by atoms with Gasteiger partial charge in [-0.2, -0.15) is 5.26 Å². The molecule has 3 aromatic rings. The molecule has 0 atom stereocenters. The van der Waals surface area contributed by atoms with Gasteiger partial charge in [0.05, 0.1) is 18.3 Å². The van der Waals surface area contributed by atoms with Gasteiger partial charge in [0.2, 0.25) is 5.78 Å². The molecule has 2 aromatic carbocycles. The number of rotatable bonds is 8. The molecule has 0 aliphatic carbocycles. The largest absolute Gasteiger partial charge is 0.493 e. The molecule has 1 aromatic heterocycles. The summed E-state index contributed by atoms with van der Waals surface area (Å²) in [6.45, 7) is 0.184. The zero-order valence-electron chi connectivity index (χ0n) is 15.9. The Balaban J connectivity index is 1.76. The zero-order chi connectivity index (χ0) is 21.5. The van der Waals surface area contributed by atoms with Crippen molar-refractivity contribution in [3.63, 3.8) is 0 Å². The normalized spacial score (nSPS) is 10.9. The minimum Gasteiger partial charge on any atom is -0.493 e. The molecule has 0 saturated heterocycles. The van der Waals surface area contributed by atoms with Gasteiger partial charge in [-0.1, -0.05) is 6.07 Å². The molecule has 0 spiro atoms. The minimum atomic E-state index is -0.514. The summed E-state index contributed by atoms with van der Waals surface area (Å²) in [5.41, 5.74) is 1.25. The zero-order valence-corrected chi connectivity index (χ0v) is 15.9. The van der Waals surface area contributed by atoms with E-state index in [0.29, 0.717) is 17.1 Å². The summed E-state index contributed by atoms with van der Waals surface area (Å²) in [4.78, 5) is 22.6. The molecule has 0 aliphatic rings. The Morgan fingerprint density at radius 1 is 1.20 bits per heavy atom. The van der Waals surface area contributed by atoms with E-state index in [-0.39, 0.29) is 23.6 Å². The monoisotopic (exact) mass is 404 g/mol. The Kier molecular flexibility index (Phi) is 6.25. The number of methoxy groups -OCH3 is 1. The molecular weight excluding hydrogens is 388 g/mol. The van der Waals surface area contributed by atoms with Crippen molar-refractivity contribution in [1.29, 1.82) is 5.26 Å². The van der Waals surface area contributed by atoms with Gasteiger partial charge in [0, 0.05) is 12.1 Å². The average molecular weight is 404 g/mol. The predicted octanol–water partition coefficient (Wildman–Crippen LogP) is 4.57. The van der Waals surface area contributed by atoms with Crippen molar-refractivity contribution in [2.75, 3.05) is 7.11 Å². The number of benzene rings is 2. The number of allylic oxidation sites excluding steroid dienone is 1. The van der Waals surface area contributed by atoms with Crippen molar-refractivity contribution in [3.8, 4) is 17.6 Å². The van der Waals surface area contributed by atoms with Crippen molar-refractivity contribution in [3.05, 3.63) is 93.4 Å². The van der Waals surface area contributed by atoms with Crippen LogP contribution < -0.4 is 9.47 Å². The first-order chi connectivity index (χ1) is 14.5. The summed E-state index contributed by atoms with van der Waals surface area (Å²) in [5, 5.41) is 20.0. The lowest BCUT2D eigenvalue weighted by Crippen LogP contribution is -2.00. The van der Waals surface area contributed by atoms with E-state index in [1.165, 1.54) is 37.6 Å². The third-order valence-corrected chi connectivity index (χ3v) is 4.15. The molecule has 0 amide bonds. The maximum absolute atomic E-state index is 12.3. The molecule has 0 N–H and O–H groups in total. The molecule has 3 rings (SSSR count). The Bertz CT molecular complexity index is 1130. The Morgan fingerprint density at radius 3 is 2.57 bits per heavy atom. The third-order valence-electron chi connectivity index (χ3n) is 4.15. The number of hydrogen-bond acceptors (Lipinski definition) is 7. The van der Waals surface area contributed by atoms with Crippen LogP contribution >= 0.6 is 0 Å². The molecule has 150 valence electrons. The van der Waals surface area contributed by atoms with Crippen LogP contribution in [-0.4, -0.2) is 17.8 Å². The van der Waals surface area contributed by atoms with Gasteiger partial charge in [0.15, 0.2) is 17.3 Å².